The third-order valence-corrected chi connectivity index (χ3v) is 6.01. The summed E-state index contributed by atoms with van der Waals surface area (Å²) in [7, 11) is 3.11. The number of benzene rings is 2. The zero-order chi connectivity index (χ0) is 22.0. The molecule has 0 spiro atoms. The van der Waals surface area contributed by atoms with E-state index in [0.29, 0.717) is 33.5 Å². The number of esters is 1. The number of hydrogen-bond acceptors (Lipinski definition) is 7. The van der Waals surface area contributed by atoms with E-state index >= 15 is 0 Å². The van der Waals surface area contributed by atoms with Crippen molar-refractivity contribution >= 4 is 34.5 Å². The van der Waals surface area contributed by atoms with Gasteiger partial charge in [0.25, 0.3) is 0 Å². The summed E-state index contributed by atoms with van der Waals surface area (Å²) >= 11 is 1.35. The molecule has 31 heavy (non-hydrogen) atoms. The Balaban J connectivity index is 2.02. The predicted octanol–water partition coefficient (Wildman–Crippen LogP) is 3.66. The standard InChI is InChI=1S/C23H22N2O5S/c1-4-30-22(27)19-20(14-8-6-5-7-9-14)24-23-25(18(26)13-31-23)21(19)16-12-15(28-2)10-11-17(16)29-3/h5-12,21H,4,13H2,1-3H3/t21-/m0/s1. The molecule has 1 saturated heterocycles. The molecule has 2 aromatic carbocycles. The Kier molecular flexibility index (Phi) is 5.99. The average Bonchev–Trinajstić information content (AvgIpc) is 3.18. The lowest BCUT2D eigenvalue weighted by Crippen LogP contribution is -2.39. The Morgan fingerprint density at radius 3 is 2.61 bits per heavy atom. The number of methoxy groups -OCH3 is 2. The van der Waals surface area contributed by atoms with Crippen LogP contribution < -0.4 is 9.47 Å². The minimum atomic E-state index is -0.755. The van der Waals surface area contributed by atoms with Crippen LogP contribution in [0.4, 0.5) is 0 Å². The normalized spacial score (nSPS) is 17.9. The first kappa shape index (κ1) is 21.0. The molecule has 2 aromatic rings. The zero-order valence-corrected chi connectivity index (χ0v) is 18.3. The highest BCUT2D eigenvalue weighted by atomic mass is 32.2. The van der Waals surface area contributed by atoms with Crippen molar-refractivity contribution in [2.24, 2.45) is 4.99 Å². The van der Waals surface area contributed by atoms with Crippen LogP contribution in [0.25, 0.3) is 5.70 Å². The Hall–Kier alpha value is -3.26. The summed E-state index contributed by atoms with van der Waals surface area (Å²) < 4.78 is 16.4. The number of ether oxygens (including phenoxy) is 3. The number of rotatable bonds is 6. The number of aliphatic imine (C=N–C) groups is 1. The van der Waals surface area contributed by atoms with Gasteiger partial charge in [-0.25, -0.2) is 9.79 Å². The first-order chi connectivity index (χ1) is 15.1. The molecule has 0 N–H and O–H groups in total. The van der Waals surface area contributed by atoms with E-state index in [9.17, 15) is 9.59 Å². The number of thioether (sulfide) groups is 1. The molecule has 0 unspecified atom stereocenters. The van der Waals surface area contributed by atoms with Gasteiger partial charge in [0.2, 0.25) is 5.91 Å². The van der Waals surface area contributed by atoms with Crippen molar-refractivity contribution in [2.45, 2.75) is 13.0 Å². The van der Waals surface area contributed by atoms with Crippen LogP contribution >= 0.6 is 11.8 Å². The van der Waals surface area contributed by atoms with Crippen LogP contribution in [-0.4, -0.2) is 48.5 Å². The second-order valence-corrected chi connectivity index (χ2v) is 7.75. The summed E-state index contributed by atoms with van der Waals surface area (Å²) in [5, 5.41) is 0.548. The molecule has 0 bridgehead atoms. The van der Waals surface area contributed by atoms with Crippen LogP contribution in [0.1, 0.15) is 24.1 Å². The Morgan fingerprint density at radius 2 is 1.94 bits per heavy atom. The molecular formula is C23H22N2O5S. The van der Waals surface area contributed by atoms with Crippen molar-refractivity contribution in [3.63, 3.8) is 0 Å². The highest BCUT2D eigenvalue weighted by molar-refractivity contribution is 8.15. The van der Waals surface area contributed by atoms with E-state index in [4.69, 9.17) is 19.2 Å². The molecule has 0 aliphatic carbocycles. The number of carbonyl (C=O) groups is 2. The topological polar surface area (TPSA) is 77.4 Å². The molecule has 1 amide bonds. The van der Waals surface area contributed by atoms with Crippen LogP contribution in [0.5, 0.6) is 11.5 Å². The summed E-state index contributed by atoms with van der Waals surface area (Å²) in [5.41, 5.74) is 2.17. The largest absolute Gasteiger partial charge is 0.497 e. The van der Waals surface area contributed by atoms with Gasteiger partial charge >= 0.3 is 5.97 Å². The SMILES string of the molecule is CCOC(=O)C1=C(c2ccccc2)N=C2SCC(=O)N2[C@H]1c1cc(OC)ccc1OC. The maximum atomic E-state index is 13.2. The number of nitrogens with zero attached hydrogens (tertiary/aromatic N) is 2. The molecule has 2 aliphatic heterocycles. The van der Waals surface area contributed by atoms with Crippen molar-refractivity contribution in [3.8, 4) is 11.5 Å². The van der Waals surface area contributed by atoms with Gasteiger partial charge in [0.1, 0.15) is 17.5 Å². The van der Waals surface area contributed by atoms with Crippen molar-refractivity contribution < 1.29 is 23.8 Å². The summed E-state index contributed by atoms with van der Waals surface area (Å²) in [6.45, 7) is 1.95. The van der Waals surface area contributed by atoms with Gasteiger partial charge in [-0.05, 0) is 25.1 Å². The second-order valence-electron chi connectivity index (χ2n) is 6.81. The van der Waals surface area contributed by atoms with Crippen LogP contribution in [0.2, 0.25) is 0 Å². The van der Waals surface area contributed by atoms with E-state index in [1.54, 1.807) is 44.2 Å². The molecule has 0 saturated carbocycles. The molecule has 0 radical (unpaired) electrons. The van der Waals surface area contributed by atoms with Crippen LogP contribution in [0.3, 0.4) is 0 Å². The van der Waals surface area contributed by atoms with Crippen LogP contribution in [0.15, 0.2) is 59.1 Å². The zero-order valence-electron chi connectivity index (χ0n) is 17.5. The number of carbonyl (C=O) groups excluding carboxylic acids is 2. The molecule has 7 nitrogen and oxygen atoms in total. The average molecular weight is 439 g/mol. The molecular weight excluding hydrogens is 416 g/mol. The third kappa shape index (κ3) is 3.79. The minimum absolute atomic E-state index is 0.132. The van der Waals surface area contributed by atoms with Crippen molar-refractivity contribution in [3.05, 3.63) is 65.2 Å². The van der Waals surface area contributed by atoms with Crippen molar-refractivity contribution in [2.75, 3.05) is 26.6 Å². The molecule has 2 aliphatic rings. The van der Waals surface area contributed by atoms with Gasteiger partial charge in [-0.3, -0.25) is 9.69 Å². The number of hydrogen-bond donors (Lipinski definition) is 0. The van der Waals surface area contributed by atoms with E-state index in [0.717, 1.165) is 5.56 Å². The van der Waals surface area contributed by atoms with Gasteiger partial charge in [0, 0.05) is 11.1 Å². The summed E-state index contributed by atoms with van der Waals surface area (Å²) in [5.74, 6) is 0.714. The molecule has 8 heteroatoms. The quantitative estimate of drug-likeness (QED) is 0.641. The Labute approximate surface area is 184 Å². The molecule has 4 rings (SSSR count). The predicted molar refractivity (Wildman–Crippen MR) is 119 cm³/mol. The highest BCUT2D eigenvalue weighted by Gasteiger charge is 2.45. The molecule has 2 heterocycles. The fourth-order valence-electron chi connectivity index (χ4n) is 3.71. The fourth-order valence-corrected chi connectivity index (χ4v) is 4.60. The number of amidine groups is 1. The van der Waals surface area contributed by atoms with Gasteiger partial charge in [0.15, 0.2) is 5.17 Å². The summed E-state index contributed by atoms with van der Waals surface area (Å²) in [6, 6.07) is 14.0. The van der Waals surface area contributed by atoms with Crippen molar-refractivity contribution in [1.82, 2.24) is 4.90 Å². The van der Waals surface area contributed by atoms with Gasteiger partial charge in [-0.2, -0.15) is 0 Å². The van der Waals surface area contributed by atoms with E-state index < -0.39 is 12.0 Å². The maximum Gasteiger partial charge on any atom is 0.338 e. The Morgan fingerprint density at radius 1 is 1.16 bits per heavy atom. The van der Waals surface area contributed by atoms with Gasteiger partial charge < -0.3 is 14.2 Å². The van der Waals surface area contributed by atoms with E-state index in [1.807, 2.05) is 30.3 Å². The van der Waals surface area contributed by atoms with Crippen LogP contribution in [0, 0.1) is 0 Å². The van der Waals surface area contributed by atoms with Gasteiger partial charge in [0.05, 0.1) is 37.8 Å². The monoisotopic (exact) mass is 438 g/mol. The second kappa shape index (κ2) is 8.85. The van der Waals surface area contributed by atoms with Crippen molar-refractivity contribution in [1.29, 1.82) is 0 Å². The molecule has 1 fully saturated rings. The van der Waals surface area contributed by atoms with Gasteiger partial charge in [-0.1, -0.05) is 42.1 Å². The van der Waals surface area contributed by atoms with E-state index in [1.165, 1.54) is 11.8 Å². The Bertz CT molecular complexity index is 1080. The molecule has 160 valence electrons. The first-order valence-electron chi connectivity index (χ1n) is 9.81. The highest BCUT2D eigenvalue weighted by Crippen LogP contribution is 2.46. The lowest BCUT2D eigenvalue weighted by molar-refractivity contribution is -0.139. The lowest BCUT2D eigenvalue weighted by atomic mass is 9.91. The molecule has 1 atom stereocenters. The maximum absolute atomic E-state index is 13.2. The number of amides is 1. The summed E-state index contributed by atoms with van der Waals surface area (Å²) in [6.07, 6.45) is 0. The number of fused-ring (bicyclic) bond motifs is 1. The fraction of sp³-hybridized carbons (Fsp3) is 0.261. The lowest BCUT2D eigenvalue weighted by Gasteiger charge is -2.34. The van der Waals surface area contributed by atoms with E-state index in [-0.39, 0.29) is 18.3 Å². The molecule has 0 aromatic heterocycles. The smallest absolute Gasteiger partial charge is 0.338 e. The third-order valence-electron chi connectivity index (χ3n) is 5.07. The van der Waals surface area contributed by atoms with Gasteiger partial charge in [-0.15, -0.1) is 0 Å². The first-order valence-corrected chi connectivity index (χ1v) is 10.8. The summed E-state index contributed by atoms with van der Waals surface area (Å²) in [4.78, 5) is 32.4. The minimum Gasteiger partial charge on any atom is -0.497 e. The van der Waals surface area contributed by atoms with Crippen LogP contribution in [-0.2, 0) is 14.3 Å². The van der Waals surface area contributed by atoms with E-state index in [2.05, 4.69) is 0 Å².